The zero-order valence-electron chi connectivity index (χ0n) is 17.7. The Labute approximate surface area is 183 Å². The molecule has 2 amide bonds. The maximum Gasteiger partial charge on any atom is 0.259 e. The summed E-state index contributed by atoms with van der Waals surface area (Å²) >= 11 is 1.61. The Bertz CT molecular complexity index is 1270. The summed E-state index contributed by atoms with van der Waals surface area (Å²) in [5.41, 5.74) is 3.68. The van der Waals surface area contributed by atoms with Crippen LogP contribution < -0.4 is 5.32 Å². The van der Waals surface area contributed by atoms with Crippen LogP contribution in [0.4, 0.5) is 0 Å². The van der Waals surface area contributed by atoms with Gasteiger partial charge in [-0.15, -0.1) is 11.3 Å². The molecule has 31 heavy (non-hydrogen) atoms. The monoisotopic (exact) mass is 434 g/mol. The Morgan fingerprint density at radius 1 is 1.13 bits per heavy atom. The Hall–Kier alpha value is -3.52. The lowest BCUT2D eigenvalue weighted by Gasteiger charge is -2.18. The fourth-order valence-electron chi connectivity index (χ4n) is 3.42. The molecule has 4 rings (SSSR count). The fraction of sp³-hybridized carbons (Fsp3) is 0.217. The molecular formula is C23H22N4O3S. The van der Waals surface area contributed by atoms with Gasteiger partial charge in [0.15, 0.2) is 0 Å². The number of nitrogens with one attached hydrogen (secondary N) is 1. The van der Waals surface area contributed by atoms with Crippen molar-refractivity contribution in [2.45, 2.75) is 20.4 Å². The Morgan fingerprint density at radius 3 is 2.52 bits per heavy atom. The highest BCUT2D eigenvalue weighted by Gasteiger charge is 2.22. The fourth-order valence-corrected chi connectivity index (χ4v) is 4.25. The van der Waals surface area contributed by atoms with E-state index in [0.29, 0.717) is 40.2 Å². The van der Waals surface area contributed by atoms with Crippen LogP contribution in [-0.4, -0.2) is 41.0 Å². The van der Waals surface area contributed by atoms with Gasteiger partial charge in [0.25, 0.3) is 17.5 Å². The lowest BCUT2D eigenvalue weighted by Crippen LogP contribution is -2.26. The molecule has 0 spiro atoms. The van der Waals surface area contributed by atoms with Crippen molar-refractivity contribution in [3.63, 3.8) is 0 Å². The van der Waals surface area contributed by atoms with Crippen molar-refractivity contribution >= 4 is 34.3 Å². The van der Waals surface area contributed by atoms with Gasteiger partial charge >= 0.3 is 0 Å². The standard InChI is InChI=1S/C23H22N4O3S/c1-13-5-10-19(31-13)18-11-17(20-14(2)26-30-22(20)25-18)23(29)27(4)12-15-6-8-16(9-7-15)21(28)24-3/h5-11H,12H2,1-4H3,(H,24,28). The highest BCUT2D eigenvalue weighted by atomic mass is 32.1. The largest absolute Gasteiger partial charge is 0.355 e. The number of aromatic nitrogens is 2. The average Bonchev–Trinajstić information content (AvgIpc) is 3.38. The zero-order chi connectivity index (χ0) is 22.1. The molecular weight excluding hydrogens is 412 g/mol. The van der Waals surface area contributed by atoms with E-state index >= 15 is 0 Å². The van der Waals surface area contributed by atoms with Gasteiger partial charge in [-0.1, -0.05) is 17.3 Å². The lowest BCUT2D eigenvalue weighted by atomic mass is 10.1. The summed E-state index contributed by atoms with van der Waals surface area (Å²) in [6, 6.07) is 13.0. The minimum Gasteiger partial charge on any atom is -0.355 e. The molecule has 0 atom stereocenters. The summed E-state index contributed by atoms with van der Waals surface area (Å²) in [7, 11) is 3.34. The Morgan fingerprint density at radius 2 is 1.87 bits per heavy atom. The van der Waals surface area contributed by atoms with Crippen LogP contribution in [0.15, 0.2) is 47.0 Å². The molecule has 158 valence electrons. The van der Waals surface area contributed by atoms with Crippen molar-refractivity contribution in [3.8, 4) is 10.6 Å². The van der Waals surface area contributed by atoms with E-state index in [2.05, 4.69) is 15.5 Å². The number of amides is 2. The molecule has 1 N–H and O–H groups in total. The quantitative estimate of drug-likeness (QED) is 0.509. The molecule has 7 nitrogen and oxygen atoms in total. The average molecular weight is 435 g/mol. The van der Waals surface area contributed by atoms with Gasteiger partial charge in [0.2, 0.25) is 0 Å². The predicted molar refractivity (Wildman–Crippen MR) is 120 cm³/mol. The van der Waals surface area contributed by atoms with Gasteiger partial charge in [-0.2, -0.15) is 0 Å². The minimum absolute atomic E-state index is 0.144. The molecule has 0 aliphatic carbocycles. The number of benzene rings is 1. The smallest absolute Gasteiger partial charge is 0.259 e. The van der Waals surface area contributed by atoms with Crippen LogP contribution >= 0.6 is 11.3 Å². The van der Waals surface area contributed by atoms with Crippen LogP contribution in [0.1, 0.15) is 36.9 Å². The maximum atomic E-state index is 13.4. The Kier molecular flexibility index (Phi) is 5.56. The van der Waals surface area contributed by atoms with Gasteiger partial charge < -0.3 is 14.7 Å². The molecule has 0 saturated heterocycles. The second-order valence-corrected chi connectivity index (χ2v) is 8.64. The SMILES string of the molecule is CNC(=O)c1ccc(CN(C)C(=O)c2cc(-c3ccc(C)s3)nc3onc(C)c23)cc1. The van der Waals surface area contributed by atoms with Gasteiger partial charge in [0.1, 0.15) is 0 Å². The number of pyridine rings is 1. The maximum absolute atomic E-state index is 13.4. The van der Waals surface area contributed by atoms with Crippen molar-refractivity contribution < 1.29 is 14.1 Å². The normalized spacial score (nSPS) is 11.0. The highest BCUT2D eigenvalue weighted by Crippen LogP contribution is 2.31. The first-order chi connectivity index (χ1) is 14.9. The first kappa shape index (κ1) is 20.7. The molecule has 0 unspecified atom stereocenters. The van der Waals surface area contributed by atoms with Crippen molar-refractivity contribution in [3.05, 3.63) is 69.7 Å². The van der Waals surface area contributed by atoms with E-state index in [-0.39, 0.29) is 11.8 Å². The zero-order valence-corrected chi connectivity index (χ0v) is 18.5. The molecule has 0 radical (unpaired) electrons. The van der Waals surface area contributed by atoms with E-state index < -0.39 is 0 Å². The van der Waals surface area contributed by atoms with Crippen molar-refractivity contribution in [2.75, 3.05) is 14.1 Å². The summed E-state index contributed by atoms with van der Waals surface area (Å²) < 4.78 is 5.39. The third-order valence-corrected chi connectivity index (χ3v) is 6.07. The third kappa shape index (κ3) is 4.06. The van der Waals surface area contributed by atoms with E-state index in [9.17, 15) is 9.59 Å². The first-order valence-corrected chi connectivity index (χ1v) is 10.6. The van der Waals surface area contributed by atoms with Crippen LogP contribution in [0, 0.1) is 13.8 Å². The number of carbonyl (C=O) groups is 2. The topological polar surface area (TPSA) is 88.3 Å². The molecule has 0 aliphatic heterocycles. The molecule has 0 aliphatic rings. The highest BCUT2D eigenvalue weighted by molar-refractivity contribution is 7.15. The summed E-state index contributed by atoms with van der Waals surface area (Å²) in [5, 5.41) is 7.24. The van der Waals surface area contributed by atoms with E-state index in [1.54, 1.807) is 49.4 Å². The lowest BCUT2D eigenvalue weighted by molar-refractivity contribution is 0.0786. The van der Waals surface area contributed by atoms with E-state index in [0.717, 1.165) is 15.3 Å². The number of carbonyl (C=O) groups excluding carboxylic acids is 2. The van der Waals surface area contributed by atoms with Crippen molar-refractivity contribution in [1.29, 1.82) is 0 Å². The summed E-state index contributed by atoms with van der Waals surface area (Å²) in [6.45, 7) is 4.23. The number of aryl methyl sites for hydroxylation is 2. The summed E-state index contributed by atoms with van der Waals surface area (Å²) in [4.78, 5) is 33.5. The van der Waals surface area contributed by atoms with E-state index in [1.807, 2.05) is 37.3 Å². The van der Waals surface area contributed by atoms with E-state index in [4.69, 9.17) is 4.52 Å². The molecule has 3 aromatic heterocycles. The Balaban J connectivity index is 1.66. The van der Waals surface area contributed by atoms with Gasteiger partial charge in [-0.3, -0.25) is 9.59 Å². The second-order valence-electron chi connectivity index (χ2n) is 7.35. The number of fused-ring (bicyclic) bond motifs is 1. The van der Waals surface area contributed by atoms with Crippen LogP contribution in [0.2, 0.25) is 0 Å². The van der Waals surface area contributed by atoms with Crippen LogP contribution in [0.3, 0.4) is 0 Å². The number of hydrogen-bond donors (Lipinski definition) is 1. The molecule has 3 heterocycles. The van der Waals surface area contributed by atoms with Gasteiger partial charge in [-0.05, 0) is 49.7 Å². The molecule has 0 bridgehead atoms. The van der Waals surface area contributed by atoms with Gasteiger partial charge in [-0.25, -0.2) is 4.98 Å². The predicted octanol–water partition coefficient (Wildman–Crippen LogP) is 4.20. The number of rotatable bonds is 5. The van der Waals surface area contributed by atoms with Crippen LogP contribution in [0.25, 0.3) is 21.7 Å². The molecule has 0 fully saturated rings. The minimum atomic E-state index is -0.149. The number of hydrogen-bond acceptors (Lipinski definition) is 6. The van der Waals surface area contributed by atoms with Crippen molar-refractivity contribution in [2.24, 2.45) is 0 Å². The molecule has 4 aromatic rings. The number of thiophene rings is 1. The van der Waals surface area contributed by atoms with Gasteiger partial charge in [0, 0.05) is 31.1 Å². The van der Waals surface area contributed by atoms with Crippen LogP contribution in [0.5, 0.6) is 0 Å². The molecule has 0 saturated carbocycles. The number of nitrogens with zero attached hydrogens (tertiary/aromatic N) is 3. The van der Waals surface area contributed by atoms with E-state index in [1.165, 1.54) is 0 Å². The molecule has 1 aromatic carbocycles. The summed E-state index contributed by atoms with van der Waals surface area (Å²) in [5.74, 6) is -0.293. The third-order valence-electron chi connectivity index (χ3n) is 5.05. The molecule has 8 heteroatoms. The summed E-state index contributed by atoms with van der Waals surface area (Å²) in [6.07, 6.45) is 0. The second kappa shape index (κ2) is 8.31. The van der Waals surface area contributed by atoms with Gasteiger partial charge in [0.05, 0.1) is 27.2 Å². The first-order valence-electron chi connectivity index (χ1n) is 9.77. The van der Waals surface area contributed by atoms with Crippen molar-refractivity contribution in [1.82, 2.24) is 20.4 Å². The van der Waals surface area contributed by atoms with Crippen LogP contribution in [-0.2, 0) is 6.54 Å².